The Morgan fingerprint density at radius 1 is 1.32 bits per heavy atom. The lowest BCUT2D eigenvalue weighted by molar-refractivity contribution is 0.172. The smallest absolute Gasteiger partial charge is 0.160 e. The zero-order chi connectivity index (χ0) is 13.4. The second-order valence-electron chi connectivity index (χ2n) is 5.61. The summed E-state index contributed by atoms with van der Waals surface area (Å²) in [6, 6.07) is 2.42. The first-order valence-electron chi connectivity index (χ1n) is 6.99. The van der Waals surface area contributed by atoms with Crippen molar-refractivity contribution in [3.05, 3.63) is 24.0 Å². The second kappa shape index (κ2) is 4.81. The van der Waals surface area contributed by atoms with E-state index in [1.165, 1.54) is 18.4 Å². The van der Waals surface area contributed by atoms with Gasteiger partial charge in [-0.05, 0) is 51.8 Å². The van der Waals surface area contributed by atoms with Crippen molar-refractivity contribution in [3.8, 4) is 0 Å². The van der Waals surface area contributed by atoms with Crippen LogP contribution in [0.1, 0.15) is 38.2 Å². The van der Waals surface area contributed by atoms with Crippen LogP contribution in [0.15, 0.2) is 18.5 Å². The number of piperidine rings is 1. The highest BCUT2D eigenvalue weighted by molar-refractivity contribution is 5.52. The fourth-order valence-corrected chi connectivity index (χ4v) is 2.94. The summed E-state index contributed by atoms with van der Waals surface area (Å²) < 4.78 is 1.74. The molecule has 0 amide bonds. The summed E-state index contributed by atoms with van der Waals surface area (Å²) in [7, 11) is 0. The average molecular weight is 259 g/mol. The van der Waals surface area contributed by atoms with Crippen molar-refractivity contribution >= 4 is 11.5 Å². The summed E-state index contributed by atoms with van der Waals surface area (Å²) in [5.74, 6) is 1.21. The molecule has 1 aliphatic rings. The fraction of sp³-hybridized carbons (Fsp3) is 0.571. The normalized spacial score (nSPS) is 18.5. The highest BCUT2D eigenvalue weighted by atomic mass is 15.3. The van der Waals surface area contributed by atoms with E-state index in [0.717, 1.165) is 18.7 Å². The Hall–Kier alpha value is -1.62. The number of nitrogens with zero attached hydrogens (tertiary/aromatic N) is 4. The van der Waals surface area contributed by atoms with Crippen LogP contribution in [0.2, 0.25) is 0 Å². The van der Waals surface area contributed by atoms with Gasteiger partial charge in [0, 0.05) is 17.8 Å². The summed E-state index contributed by atoms with van der Waals surface area (Å²) in [6.45, 7) is 6.83. The van der Waals surface area contributed by atoms with E-state index in [4.69, 9.17) is 5.73 Å². The third kappa shape index (κ3) is 2.18. The van der Waals surface area contributed by atoms with Crippen LogP contribution >= 0.6 is 0 Å². The molecule has 0 radical (unpaired) electrons. The van der Waals surface area contributed by atoms with Crippen LogP contribution in [-0.4, -0.2) is 38.6 Å². The van der Waals surface area contributed by atoms with E-state index in [9.17, 15) is 0 Å². The van der Waals surface area contributed by atoms with Crippen LogP contribution < -0.4 is 5.73 Å². The van der Waals surface area contributed by atoms with Crippen molar-refractivity contribution in [2.24, 2.45) is 0 Å². The predicted octanol–water partition coefficient (Wildman–Crippen LogP) is 1.90. The topological polar surface area (TPSA) is 59.5 Å². The molecule has 0 bridgehead atoms. The number of anilines is 1. The number of nitrogens with two attached hydrogens (primary N) is 1. The van der Waals surface area contributed by atoms with E-state index in [0.29, 0.717) is 17.8 Å². The van der Waals surface area contributed by atoms with Crippen molar-refractivity contribution in [2.75, 3.05) is 18.8 Å². The van der Waals surface area contributed by atoms with Gasteiger partial charge in [-0.3, -0.25) is 0 Å². The number of rotatable bonds is 2. The average Bonchev–Trinajstić information content (AvgIpc) is 2.84. The first-order chi connectivity index (χ1) is 9.16. The van der Waals surface area contributed by atoms with E-state index in [1.54, 1.807) is 16.8 Å². The quantitative estimate of drug-likeness (QED) is 0.895. The van der Waals surface area contributed by atoms with Gasteiger partial charge in [0.2, 0.25) is 0 Å². The third-order valence-corrected chi connectivity index (χ3v) is 4.16. The fourth-order valence-electron chi connectivity index (χ4n) is 2.94. The molecule has 0 atom stereocenters. The molecule has 0 saturated carbocycles. The lowest BCUT2D eigenvalue weighted by atomic mass is 9.90. The van der Waals surface area contributed by atoms with E-state index < -0.39 is 0 Å². The molecule has 0 aromatic carbocycles. The van der Waals surface area contributed by atoms with Gasteiger partial charge in [-0.25, -0.2) is 4.98 Å². The van der Waals surface area contributed by atoms with Crippen molar-refractivity contribution in [2.45, 2.75) is 38.6 Å². The molecule has 1 saturated heterocycles. The lowest BCUT2D eigenvalue weighted by Gasteiger charge is -2.34. The molecule has 0 aliphatic carbocycles. The molecule has 3 heterocycles. The Bertz CT molecular complexity index is 566. The minimum atomic E-state index is 0.557. The first kappa shape index (κ1) is 12.4. The number of hydrogen-bond donors (Lipinski definition) is 1. The van der Waals surface area contributed by atoms with Crippen LogP contribution in [-0.2, 0) is 0 Å². The molecular weight excluding hydrogens is 238 g/mol. The maximum atomic E-state index is 5.91. The largest absolute Gasteiger partial charge is 0.384 e. The van der Waals surface area contributed by atoms with Crippen molar-refractivity contribution in [3.63, 3.8) is 0 Å². The summed E-state index contributed by atoms with van der Waals surface area (Å²) in [6.07, 6.45) is 6.06. The molecule has 2 N–H and O–H groups in total. The lowest BCUT2D eigenvalue weighted by Crippen LogP contribution is -2.37. The number of hydrogen-bond acceptors (Lipinski definition) is 4. The summed E-state index contributed by atoms with van der Waals surface area (Å²) in [5, 5.41) is 4.36. The summed E-state index contributed by atoms with van der Waals surface area (Å²) >= 11 is 0. The molecule has 19 heavy (non-hydrogen) atoms. The Balaban J connectivity index is 1.84. The van der Waals surface area contributed by atoms with E-state index in [2.05, 4.69) is 28.8 Å². The van der Waals surface area contributed by atoms with Gasteiger partial charge >= 0.3 is 0 Å². The molecule has 102 valence electrons. The van der Waals surface area contributed by atoms with Gasteiger partial charge in [0.15, 0.2) is 5.65 Å². The van der Waals surface area contributed by atoms with Crippen molar-refractivity contribution in [1.29, 1.82) is 0 Å². The van der Waals surface area contributed by atoms with Crippen LogP contribution in [0.5, 0.6) is 0 Å². The Labute approximate surface area is 113 Å². The molecule has 3 rings (SSSR count). The number of fused-ring (bicyclic) bond motifs is 1. The third-order valence-electron chi connectivity index (χ3n) is 4.16. The maximum absolute atomic E-state index is 5.91. The molecular formula is C14H21N5. The zero-order valence-corrected chi connectivity index (χ0v) is 11.6. The van der Waals surface area contributed by atoms with Gasteiger partial charge in [-0.2, -0.15) is 9.61 Å². The molecule has 1 aliphatic heterocycles. The molecule has 0 unspecified atom stereocenters. The van der Waals surface area contributed by atoms with Crippen molar-refractivity contribution in [1.82, 2.24) is 19.5 Å². The van der Waals surface area contributed by atoms with Crippen LogP contribution in [0.4, 0.5) is 5.82 Å². The monoisotopic (exact) mass is 259 g/mol. The number of aromatic nitrogens is 3. The van der Waals surface area contributed by atoms with E-state index in [1.807, 2.05) is 6.20 Å². The highest BCUT2D eigenvalue weighted by Gasteiger charge is 2.24. The molecule has 2 aromatic heterocycles. The minimum Gasteiger partial charge on any atom is -0.384 e. The molecule has 5 heteroatoms. The Morgan fingerprint density at radius 3 is 2.74 bits per heavy atom. The molecule has 5 nitrogen and oxygen atoms in total. The first-order valence-corrected chi connectivity index (χ1v) is 6.99. The highest BCUT2D eigenvalue weighted by Crippen LogP contribution is 2.31. The van der Waals surface area contributed by atoms with Gasteiger partial charge in [-0.15, -0.1) is 0 Å². The van der Waals surface area contributed by atoms with Crippen molar-refractivity contribution < 1.29 is 0 Å². The number of nitrogen functional groups attached to an aromatic ring is 1. The SMILES string of the molecule is CC(C)N1CCC(c2cnn3c(N)ccnc23)CC1. The minimum absolute atomic E-state index is 0.557. The van der Waals surface area contributed by atoms with Crippen LogP contribution in [0.25, 0.3) is 5.65 Å². The summed E-state index contributed by atoms with van der Waals surface area (Å²) in [5.41, 5.74) is 8.08. The standard InChI is InChI=1S/C14H21N5/c1-10(2)18-7-4-11(5-8-18)12-9-17-19-13(15)3-6-16-14(12)19/h3,6,9-11H,4-5,7-8,15H2,1-2H3. The van der Waals surface area contributed by atoms with Crippen LogP contribution in [0, 0.1) is 0 Å². The Kier molecular flexibility index (Phi) is 3.14. The van der Waals surface area contributed by atoms with Gasteiger partial charge in [0.25, 0.3) is 0 Å². The van der Waals surface area contributed by atoms with Gasteiger partial charge < -0.3 is 10.6 Å². The Morgan fingerprint density at radius 2 is 2.05 bits per heavy atom. The van der Waals surface area contributed by atoms with Gasteiger partial charge in [0.1, 0.15) is 5.82 Å². The maximum Gasteiger partial charge on any atom is 0.160 e. The molecule has 1 fully saturated rings. The van der Waals surface area contributed by atoms with Gasteiger partial charge in [0.05, 0.1) is 6.20 Å². The second-order valence-corrected chi connectivity index (χ2v) is 5.61. The summed E-state index contributed by atoms with van der Waals surface area (Å²) in [4.78, 5) is 6.97. The van der Waals surface area contributed by atoms with E-state index in [-0.39, 0.29) is 0 Å². The predicted molar refractivity (Wildman–Crippen MR) is 76.1 cm³/mol. The molecule has 0 spiro atoms. The van der Waals surface area contributed by atoms with E-state index >= 15 is 0 Å². The van der Waals surface area contributed by atoms with Gasteiger partial charge in [-0.1, -0.05) is 0 Å². The number of likely N-dealkylation sites (tertiary alicyclic amines) is 1. The van der Waals surface area contributed by atoms with Crippen LogP contribution in [0.3, 0.4) is 0 Å². The zero-order valence-electron chi connectivity index (χ0n) is 11.6. The molecule has 2 aromatic rings.